The number of allylic oxidation sites excluding steroid dienone is 4. The van der Waals surface area contributed by atoms with E-state index in [1.54, 1.807) is 38.2 Å². The van der Waals surface area contributed by atoms with Crippen molar-refractivity contribution in [2.75, 3.05) is 0 Å². The molecule has 0 bridgehead atoms. The highest BCUT2D eigenvalue weighted by Gasteiger charge is 2.49. The lowest BCUT2D eigenvalue weighted by atomic mass is 10.0. The first kappa shape index (κ1) is 20.2. The van der Waals surface area contributed by atoms with E-state index in [4.69, 9.17) is 0 Å². The van der Waals surface area contributed by atoms with Crippen LogP contribution in [0.15, 0.2) is 24.3 Å². The first-order chi connectivity index (χ1) is 12.1. The van der Waals surface area contributed by atoms with Crippen LogP contribution >= 0.6 is 11.8 Å². The molecule has 2 rings (SSSR count). The van der Waals surface area contributed by atoms with Gasteiger partial charge in [0.15, 0.2) is 6.04 Å². The van der Waals surface area contributed by atoms with Crippen LogP contribution in [0.1, 0.15) is 26.7 Å². The number of carbonyl (C=O) groups excluding carboxylic acids is 2. The van der Waals surface area contributed by atoms with E-state index < -0.39 is 40.1 Å². The normalized spacial score (nSPS) is 25.2. The summed E-state index contributed by atoms with van der Waals surface area (Å²) in [7, 11) is 0. The number of nitrogens with one attached hydrogen (secondary N) is 2. The number of thioether (sulfide) groups is 1. The van der Waals surface area contributed by atoms with Gasteiger partial charge in [-0.25, -0.2) is 4.79 Å². The molecule has 1 aliphatic heterocycles. The molecular formula is C17H22N2O6S. The van der Waals surface area contributed by atoms with E-state index in [1.165, 1.54) is 0 Å². The lowest BCUT2D eigenvalue weighted by Gasteiger charge is -2.22. The van der Waals surface area contributed by atoms with Crippen LogP contribution in [0.2, 0.25) is 0 Å². The number of rotatable bonds is 8. The van der Waals surface area contributed by atoms with Gasteiger partial charge in [-0.2, -0.15) is 0 Å². The topological polar surface area (TPSA) is 133 Å². The van der Waals surface area contributed by atoms with Gasteiger partial charge >= 0.3 is 11.9 Å². The Kier molecular flexibility index (Phi) is 6.25. The fourth-order valence-electron chi connectivity index (χ4n) is 2.89. The third-order valence-electron chi connectivity index (χ3n) is 4.31. The van der Waals surface area contributed by atoms with Crippen LogP contribution in [-0.4, -0.2) is 56.0 Å². The molecule has 0 unspecified atom stereocenters. The van der Waals surface area contributed by atoms with Crippen LogP contribution in [-0.2, 0) is 19.2 Å². The van der Waals surface area contributed by atoms with Gasteiger partial charge in [-0.1, -0.05) is 24.3 Å². The summed E-state index contributed by atoms with van der Waals surface area (Å²) in [6.45, 7) is 3.40. The monoisotopic (exact) mass is 382 g/mol. The summed E-state index contributed by atoms with van der Waals surface area (Å²) in [5, 5.41) is 23.1. The molecule has 1 amide bonds. The summed E-state index contributed by atoms with van der Waals surface area (Å²) in [6.07, 6.45) is 6.86. The van der Waals surface area contributed by atoms with Crippen molar-refractivity contribution in [2.24, 2.45) is 5.92 Å². The Labute approximate surface area is 155 Å². The van der Waals surface area contributed by atoms with Gasteiger partial charge in [0.25, 0.3) is 0 Å². The first-order valence-corrected chi connectivity index (χ1v) is 9.06. The predicted molar refractivity (Wildman–Crippen MR) is 95.6 cm³/mol. The highest BCUT2D eigenvalue weighted by atomic mass is 32.2. The zero-order valence-corrected chi connectivity index (χ0v) is 15.3. The van der Waals surface area contributed by atoms with E-state index >= 15 is 0 Å². The van der Waals surface area contributed by atoms with Gasteiger partial charge in [-0.15, -0.1) is 11.8 Å². The molecule has 0 aromatic rings. The molecule has 9 heteroatoms. The van der Waals surface area contributed by atoms with Crippen LogP contribution in [0.25, 0.3) is 0 Å². The zero-order valence-electron chi connectivity index (χ0n) is 14.5. The minimum Gasteiger partial charge on any atom is -0.480 e. The number of hydrogen-bond donors (Lipinski definition) is 4. The average Bonchev–Trinajstić information content (AvgIpc) is 3.17. The Morgan fingerprint density at radius 3 is 2.27 bits per heavy atom. The molecule has 2 aliphatic rings. The number of carboxylic acid groups (broad SMARTS) is 2. The molecule has 8 nitrogen and oxygen atoms in total. The molecule has 0 aromatic heterocycles. The third-order valence-corrected chi connectivity index (χ3v) is 5.81. The second-order valence-corrected chi connectivity index (χ2v) is 8.52. The summed E-state index contributed by atoms with van der Waals surface area (Å²) in [6, 6.07) is -2.23. The molecular weight excluding hydrogens is 360 g/mol. The SMILES string of the molecule is CC1(C)S[C@H]([C@H](NC(=O)CCC(=O)C2C=CC=C2)C(=O)O)N[C@H]1C(=O)O. The van der Waals surface area contributed by atoms with Gasteiger partial charge in [0.2, 0.25) is 5.91 Å². The maximum atomic E-state index is 12.1. The number of ketones is 1. The fraction of sp³-hybridized carbons (Fsp3) is 0.529. The van der Waals surface area contributed by atoms with Crippen LogP contribution in [0.5, 0.6) is 0 Å². The molecule has 3 atom stereocenters. The van der Waals surface area contributed by atoms with Crippen molar-refractivity contribution in [1.29, 1.82) is 0 Å². The van der Waals surface area contributed by atoms with Gasteiger partial charge < -0.3 is 15.5 Å². The zero-order chi connectivity index (χ0) is 19.5. The van der Waals surface area contributed by atoms with Crippen molar-refractivity contribution in [2.45, 2.75) is 48.9 Å². The number of carboxylic acids is 2. The van der Waals surface area contributed by atoms with E-state index in [2.05, 4.69) is 10.6 Å². The maximum Gasteiger partial charge on any atom is 0.328 e. The van der Waals surface area contributed by atoms with Crippen molar-refractivity contribution < 1.29 is 29.4 Å². The number of aliphatic carboxylic acids is 2. The molecule has 1 saturated heterocycles. The van der Waals surface area contributed by atoms with Gasteiger partial charge in [0.05, 0.1) is 11.3 Å². The van der Waals surface area contributed by atoms with Crippen molar-refractivity contribution in [3.8, 4) is 0 Å². The van der Waals surface area contributed by atoms with Crippen molar-refractivity contribution in [3.63, 3.8) is 0 Å². The van der Waals surface area contributed by atoms with Crippen molar-refractivity contribution in [1.82, 2.24) is 10.6 Å². The summed E-state index contributed by atoms with van der Waals surface area (Å²) in [5.74, 6) is -3.35. The molecule has 142 valence electrons. The van der Waals surface area contributed by atoms with Crippen LogP contribution in [0.3, 0.4) is 0 Å². The van der Waals surface area contributed by atoms with Crippen LogP contribution in [0.4, 0.5) is 0 Å². The van der Waals surface area contributed by atoms with Gasteiger partial charge in [0.1, 0.15) is 11.8 Å². The number of Topliss-reactive ketones (excluding diaryl/α,β-unsaturated/α-hetero) is 1. The van der Waals surface area contributed by atoms with Crippen LogP contribution in [0, 0.1) is 5.92 Å². The molecule has 1 aliphatic carbocycles. The minimum atomic E-state index is -1.29. The molecule has 0 spiro atoms. The molecule has 0 saturated carbocycles. The maximum absolute atomic E-state index is 12.1. The highest BCUT2D eigenvalue weighted by Crippen LogP contribution is 2.39. The first-order valence-electron chi connectivity index (χ1n) is 8.18. The molecule has 1 heterocycles. The van der Waals surface area contributed by atoms with E-state index in [9.17, 15) is 29.4 Å². The third kappa shape index (κ3) is 4.73. The second kappa shape index (κ2) is 8.05. The fourth-order valence-corrected chi connectivity index (χ4v) is 4.37. The number of amides is 1. The Balaban J connectivity index is 1.93. The molecule has 26 heavy (non-hydrogen) atoms. The number of carbonyl (C=O) groups is 4. The van der Waals surface area contributed by atoms with Gasteiger partial charge in [-0.05, 0) is 13.8 Å². The molecule has 0 radical (unpaired) electrons. The van der Waals surface area contributed by atoms with E-state index in [0.717, 1.165) is 11.8 Å². The minimum absolute atomic E-state index is 0.00595. The quantitative estimate of drug-likeness (QED) is 0.478. The Bertz CT molecular complexity index is 660. The lowest BCUT2D eigenvalue weighted by molar-refractivity contribution is -0.143. The van der Waals surface area contributed by atoms with Crippen molar-refractivity contribution >= 4 is 35.4 Å². The smallest absolute Gasteiger partial charge is 0.328 e. The lowest BCUT2D eigenvalue weighted by Crippen LogP contribution is -2.53. The Morgan fingerprint density at radius 2 is 1.77 bits per heavy atom. The largest absolute Gasteiger partial charge is 0.480 e. The van der Waals surface area contributed by atoms with E-state index in [-0.39, 0.29) is 24.5 Å². The van der Waals surface area contributed by atoms with Gasteiger partial charge in [0, 0.05) is 17.6 Å². The van der Waals surface area contributed by atoms with Gasteiger partial charge in [-0.3, -0.25) is 19.7 Å². The molecule has 4 N–H and O–H groups in total. The van der Waals surface area contributed by atoms with Crippen molar-refractivity contribution in [3.05, 3.63) is 24.3 Å². The Hall–Kier alpha value is -2.13. The molecule has 0 aromatic carbocycles. The Morgan fingerprint density at radius 1 is 1.15 bits per heavy atom. The average molecular weight is 382 g/mol. The second-order valence-electron chi connectivity index (χ2n) is 6.73. The van der Waals surface area contributed by atoms with Crippen LogP contribution < -0.4 is 10.6 Å². The van der Waals surface area contributed by atoms with E-state index in [0.29, 0.717) is 0 Å². The summed E-state index contributed by atoms with van der Waals surface area (Å²) in [4.78, 5) is 46.9. The summed E-state index contributed by atoms with van der Waals surface area (Å²) >= 11 is 1.15. The van der Waals surface area contributed by atoms with E-state index in [1.807, 2.05) is 0 Å². The summed E-state index contributed by atoms with van der Waals surface area (Å²) < 4.78 is -0.730. The predicted octanol–water partition coefficient (Wildman–Crippen LogP) is 0.542. The summed E-state index contributed by atoms with van der Waals surface area (Å²) in [5.41, 5.74) is 0. The highest BCUT2D eigenvalue weighted by molar-refractivity contribution is 8.01. The standard InChI is InChI=1S/C17H22N2O6S/c1-17(2)13(16(24)25)19-14(26-17)12(15(22)23)18-11(21)8-7-10(20)9-5-3-4-6-9/h3-6,9,12-14,19H,7-8H2,1-2H3,(H,18,21)(H,22,23)(H,24,25)/t12-,13-,14+/m0/s1. The molecule has 1 fully saturated rings. The number of hydrogen-bond acceptors (Lipinski definition) is 6.